The number of hydrogen-bond donors (Lipinski definition) is 2. The van der Waals surface area contributed by atoms with Crippen molar-refractivity contribution in [3.05, 3.63) is 21.4 Å². The van der Waals surface area contributed by atoms with Crippen LogP contribution in [0.4, 0.5) is 0 Å². The summed E-state index contributed by atoms with van der Waals surface area (Å²) in [4.78, 5) is 27.4. The first-order valence-corrected chi connectivity index (χ1v) is 8.24. The smallest absolute Gasteiger partial charge is 0.275 e. The molecule has 3 N–H and O–H groups in total. The van der Waals surface area contributed by atoms with Gasteiger partial charge < -0.3 is 4.90 Å². The lowest BCUT2D eigenvalue weighted by Gasteiger charge is -2.20. The highest BCUT2D eigenvalue weighted by molar-refractivity contribution is 7.14. The molecular formula is C15H23N3O2S. The van der Waals surface area contributed by atoms with Crippen LogP contribution in [0.25, 0.3) is 0 Å². The second-order valence-electron chi connectivity index (χ2n) is 5.58. The molecule has 116 valence electrons. The Bertz CT molecular complexity index is 527. The Hall–Kier alpha value is -1.40. The van der Waals surface area contributed by atoms with Crippen LogP contribution in [-0.4, -0.2) is 23.3 Å². The van der Waals surface area contributed by atoms with E-state index in [1.165, 1.54) is 11.3 Å². The second-order valence-corrected chi connectivity index (χ2v) is 6.84. The molecule has 1 saturated heterocycles. The highest BCUT2D eigenvalue weighted by atomic mass is 32.1. The number of aryl methyl sites for hydroxylation is 1. The Kier molecular flexibility index (Phi) is 5.36. The highest BCUT2D eigenvalue weighted by Gasteiger charge is 2.23. The van der Waals surface area contributed by atoms with Crippen LogP contribution in [0, 0.1) is 12.8 Å². The van der Waals surface area contributed by atoms with Crippen molar-refractivity contribution in [3.8, 4) is 0 Å². The topological polar surface area (TPSA) is 75.4 Å². The quantitative estimate of drug-likeness (QED) is 0.508. The SMILES string of the molecule is CCC1CCC(=O)N(Cc2cc(C(=O)NN)sc2C)CC1. The van der Waals surface area contributed by atoms with E-state index < -0.39 is 0 Å². The van der Waals surface area contributed by atoms with Gasteiger partial charge in [0.25, 0.3) is 5.91 Å². The van der Waals surface area contributed by atoms with Crippen molar-refractivity contribution in [2.75, 3.05) is 6.54 Å². The molecule has 1 aromatic rings. The van der Waals surface area contributed by atoms with Gasteiger partial charge in [0.15, 0.2) is 0 Å². The fraction of sp³-hybridized carbons (Fsp3) is 0.600. The minimum absolute atomic E-state index is 0.223. The second kappa shape index (κ2) is 7.04. The number of nitrogens with two attached hydrogens (primary N) is 1. The number of nitrogens with one attached hydrogen (secondary N) is 1. The van der Waals surface area contributed by atoms with E-state index in [1.807, 2.05) is 17.9 Å². The van der Waals surface area contributed by atoms with Gasteiger partial charge >= 0.3 is 0 Å². The number of nitrogen functional groups attached to an aromatic ring is 1. The number of hydrogen-bond acceptors (Lipinski definition) is 4. The first kappa shape index (κ1) is 16.0. The first-order chi connectivity index (χ1) is 10.0. The van der Waals surface area contributed by atoms with Crippen molar-refractivity contribution in [3.63, 3.8) is 0 Å². The van der Waals surface area contributed by atoms with Gasteiger partial charge in [-0.3, -0.25) is 15.0 Å². The molecule has 0 saturated carbocycles. The summed E-state index contributed by atoms with van der Waals surface area (Å²) >= 11 is 1.42. The number of rotatable bonds is 4. The molecule has 2 rings (SSSR count). The van der Waals surface area contributed by atoms with Gasteiger partial charge in [0.2, 0.25) is 5.91 Å². The number of carbonyl (C=O) groups is 2. The fourth-order valence-electron chi connectivity index (χ4n) is 2.73. The molecule has 1 aliphatic heterocycles. The van der Waals surface area contributed by atoms with E-state index in [9.17, 15) is 9.59 Å². The monoisotopic (exact) mass is 309 g/mol. The van der Waals surface area contributed by atoms with Gasteiger partial charge in [-0.25, -0.2) is 5.84 Å². The molecule has 21 heavy (non-hydrogen) atoms. The lowest BCUT2D eigenvalue weighted by Crippen LogP contribution is -2.30. The number of hydrazine groups is 1. The number of nitrogens with zero attached hydrogens (tertiary/aromatic N) is 1. The van der Waals surface area contributed by atoms with E-state index in [-0.39, 0.29) is 11.8 Å². The normalized spacial score (nSPS) is 19.5. The van der Waals surface area contributed by atoms with Gasteiger partial charge in [0.05, 0.1) is 4.88 Å². The van der Waals surface area contributed by atoms with Crippen LogP contribution < -0.4 is 11.3 Å². The van der Waals surface area contributed by atoms with Crippen molar-refractivity contribution in [1.29, 1.82) is 0 Å². The summed E-state index contributed by atoms with van der Waals surface area (Å²) in [7, 11) is 0. The van der Waals surface area contributed by atoms with Gasteiger partial charge in [-0.1, -0.05) is 13.3 Å². The van der Waals surface area contributed by atoms with Gasteiger partial charge in [-0.15, -0.1) is 11.3 Å². The largest absolute Gasteiger partial charge is 0.338 e. The van der Waals surface area contributed by atoms with Crippen LogP contribution in [0.3, 0.4) is 0 Å². The maximum Gasteiger partial charge on any atom is 0.275 e. The average molecular weight is 309 g/mol. The number of amides is 2. The molecule has 2 heterocycles. The summed E-state index contributed by atoms with van der Waals surface area (Å²) < 4.78 is 0. The van der Waals surface area contributed by atoms with Crippen molar-refractivity contribution in [2.45, 2.75) is 46.1 Å². The van der Waals surface area contributed by atoms with E-state index in [2.05, 4.69) is 12.3 Å². The van der Waals surface area contributed by atoms with Gasteiger partial charge in [0, 0.05) is 24.4 Å². The maximum atomic E-state index is 12.2. The third kappa shape index (κ3) is 3.83. The van der Waals surface area contributed by atoms with Crippen molar-refractivity contribution < 1.29 is 9.59 Å². The van der Waals surface area contributed by atoms with Gasteiger partial charge in [-0.2, -0.15) is 0 Å². The predicted molar refractivity (Wildman–Crippen MR) is 83.8 cm³/mol. The van der Waals surface area contributed by atoms with Crippen LogP contribution in [-0.2, 0) is 11.3 Å². The van der Waals surface area contributed by atoms with E-state index >= 15 is 0 Å². The number of carbonyl (C=O) groups excluding carboxylic acids is 2. The molecule has 0 aromatic carbocycles. The van der Waals surface area contributed by atoms with E-state index in [4.69, 9.17) is 5.84 Å². The number of likely N-dealkylation sites (tertiary alicyclic amines) is 1. The molecular weight excluding hydrogens is 286 g/mol. The molecule has 1 unspecified atom stereocenters. The standard InChI is InChI=1S/C15H23N3O2S/c1-3-11-4-5-14(19)18(7-6-11)9-12-8-13(15(20)17-16)21-10(12)2/h8,11H,3-7,9,16H2,1-2H3,(H,17,20). The summed E-state index contributed by atoms with van der Waals surface area (Å²) in [5.74, 6) is 5.77. The molecule has 5 nitrogen and oxygen atoms in total. The van der Waals surface area contributed by atoms with Crippen molar-refractivity contribution in [1.82, 2.24) is 10.3 Å². The van der Waals surface area contributed by atoms with Crippen LogP contribution in [0.15, 0.2) is 6.07 Å². The lowest BCUT2D eigenvalue weighted by molar-refractivity contribution is -0.131. The van der Waals surface area contributed by atoms with Gasteiger partial charge in [0.1, 0.15) is 0 Å². The summed E-state index contributed by atoms with van der Waals surface area (Å²) in [6.07, 6.45) is 3.84. The number of thiophene rings is 1. The van der Waals surface area contributed by atoms with Crippen LogP contribution >= 0.6 is 11.3 Å². The van der Waals surface area contributed by atoms with E-state index in [0.29, 0.717) is 23.8 Å². The minimum atomic E-state index is -0.275. The molecule has 1 aromatic heterocycles. The molecule has 0 radical (unpaired) electrons. The van der Waals surface area contributed by atoms with Crippen LogP contribution in [0.5, 0.6) is 0 Å². The zero-order valence-corrected chi connectivity index (χ0v) is 13.5. The Morgan fingerprint density at radius 1 is 1.52 bits per heavy atom. The summed E-state index contributed by atoms with van der Waals surface area (Å²) in [5.41, 5.74) is 3.19. The molecule has 0 aliphatic carbocycles. The van der Waals surface area contributed by atoms with Crippen LogP contribution in [0.2, 0.25) is 0 Å². The third-order valence-electron chi connectivity index (χ3n) is 4.24. The molecule has 1 fully saturated rings. The van der Waals surface area contributed by atoms with E-state index in [1.54, 1.807) is 0 Å². The average Bonchev–Trinajstić information content (AvgIpc) is 2.75. The van der Waals surface area contributed by atoms with Crippen molar-refractivity contribution in [2.24, 2.45) is 11.8 Å². The first-order valence-electron chi connectivity index (χ1n) is 7.43. The minimum Gasteiger partial charge on any atom is -0.338 e. The zero-order valence-electron chi connectivity index (χ0n) is 12.6. The van der Waals surface area contributed by atoms with Gasteiger partial charge in [-0.05, 0) is 37.3 Å². The Balaban J connectivity index is 2.08. The Labute approximate surface area is 129 Å². The van der Waals surface area contributed by atoms with Crippen LogP contribution in [0.1, 0.15) is 52.7 Å². The summed E-state index contributed by atoms with van der Waals surface area (Å²) in [6.45, 7) is 5.57. The summed E-state index contributed by atoms with van der Waals surface area (Å²) in [5, 5.41) is 0. The zero-order chi connectivity index (χ0) is 15.4. The highest BCUT2D eigenvalue weighted by Crippen LogP contribution is 2.26. The molecule has 1 aliphatic rings. The molecule has 1 atom stereocenters. The van der Waals surface area contributed by atoms with Crippen molar-refractivity contribution >= 4 is 23.2 Å². The molecule has 0 spiro atoms. The Morgan fingerprint density at radius 2 is 2.29 bits per heavy atom. The lowest BCUT2D eigenvalue weighted by atomic mass is 9.98. The molecule has 2 amide bonds. The molecule has 6 heteroatoms. The maximum absolute atomic E-state index is 12.2. The summed E-state index contributed by atoms with van der Waals surface area (Å²) in [6, 6.07) is 1.84. The third-order valence-corrected chi connectivity index (χ3v) is 5.33. The Morgan fingerprint density at radius 3 is 2.95 bits per heavy atom. The molecule has 0 bridgehead atoms. The van der Waals surface area contributed by atoms with E-state index in [0.717, 1.165) is 36.2 Å². The fourth-order valence-corrected chi connectivity index (χ4v) is 3.67. The predicted octanol–water partition coefficient (Wildman–Crippen LogP) is 2.20.